The van der Waals surface area contributed by atoms with Crippen LogP contribution in [0.5, 0.6) is 0 Å². The number of hydrogen-bond donors (Lipinski definition) is 0. The highest BCUT2D eigenvalue weighted by Gasteiger charge is 2.40. The summed E-state index contributed by atoms with van der Waals surface area (Å²) in [5.74, 6) is -3.47. The third kappa shape index (κ3) is 2.31. The van der Waals surface area contributed by atoms with E-state index in [0.29, 0.717) is 5.06 Å². The first-order valence-corrected chi connectivity index (χ1v) is 6.08. The van der Waals surface area contributed by atoms with Gasteiger partial charge in [-0.3, -0.25) is 24.1 Å². The zero-order chi connectivity index (χ0) is 14.9. The number of carbonyl (C=O) groups excluding carboxylic acids is 5. The zero-order valence-corrected chi connectivity index (χ0v) is 10.7. The van der Waals surface area contributed by atoms with Crippen molar-refractivity contribution >= 4 is 29.6 Å². The summed E-state index contributed by atoms with van der Waals surface area (Å²) in [5, 5.41) is 0.302. The van der Waals surface area contributed by atoms with Crippen molar-refractivity contribution in [3.05, 3.63) is 12.2 Å². The van der Waals surface area contributed by atoms with Crippen LogP contribution in [0.4, 0.5) is 0 Å². The third-order valence-electron chi connectivity index (χ3n) is 3.01. The van der Waals surface area contributed by atoms with Crippen molar-refractivity contribution in [2.45, 2.75) is 32.2 Å². The minimum atomic E-state index is -1.13. The Labute approximate surface area is 113 Å². The molecule has 0 radical (unpaired) electrons. The minimum Gasteiger partial charge on any atom is -0.327 e. The molecule has 1 atom stereocenters. The second-order valence-electron chi connectivity index (χ2n) is 4.30. The summed E-state index contributed by atoms with van der Waals surface area (Å²) in [6, 6.07) is -1.13. The van der Waals surface area contributed by atoms with Crippen molar-refractivity contribution in [2.75, 3.05) is 0 Å². The normalized spacial score (nSPS) is 20.1. The van der Waals surface area contributed by atoms with Gasteiger partial charge in [0.15, 0.2) is 0 Å². The number of carbonyl (C=O) groups is 5. The molecule has 0 N–H and O–H groups in total. The monoisotopic (exact) mass is 280 g/mol. The zero-order valence-electron chi connectivity index (χ0n) is 10.7. The van der Waals surface area contributed by atoms with Crippen molar-refractivity contribution in [3.63, 3.8) is 0 Å². The van der Waals surface area contributed by atoms with E-state index in [1.165, 1.54) is 0 Å². The number of rotatable bonds is 4. The summed E-state index contributed by atoms with van der Waals surface area (Å²) in [4.78, 5) is 63.2. The molecule has 8 nitrogen and oxygen atoms in total. The maximum Gasteiger partial charge on any atom is 0.355 e. The van der Waals surface area contributed by atoms with Gasteiger partial charge in [0, 0.05) is 25.0 Å². The number of amides is 4. The molecule has 0 unspecified atom stereocenters. The molecule has 0 saturated carbocycles. The molecule has 2 aliphatic rings. The topological polar surface area (TPSA) is 101 Å². The van der Waals surface area contributed by atoms with Crippen LogP contribution in [0.1, 0.15) is 26.2 Å². The van der Waals surface area contributed by atoms with Gasteiger partial charge < -0.3 is 4.84 Å². The van der Waals surface area contributed by atoms with Crippen molar-refractivity contribution in [1.29, 1.82) is 0 Å². The molecule has 106 valence electrons. The van der Waals surface area contributed by atoms with E-state index in [4.69, 9.17) is 0 Å². The van der Waals surface area contributed by atoms with E-state index >= 15 is 0 Å². The van der Waals surface area contributed by atoms with Crippen molar-refractivity contribution < 1.29 is 28.8 Å². The minimum absolute atomic E-state index is 0.0474. The first kappa shape index (κ1) is 13.9. The second kappa shape index (κ2) is 5.24. The molecule has 8 heteroatoms. The number of likely N-dealkylation sites (tertiary alicyclic amines) is 1. The lowest BCUT2D eigenvalue weighted by atomic mass is 10.2. The first-order chi connectivity index (χ1) is 9.45. The van der Waals surface area contributed by atoms with E-state index < -0.39 is 35.6 Å². The second-order valence-corrected chi connectivity index (χ2v) is 4.30. The molecule has 2 heterocycles. The Kier molecular flexibility index (Phi) is 3.64. The molecular weight excluding hydrogens is 268 g/mol. The molecule has 1 fully saturated rings. The first-order valence-electron chi connectivity index (χ1n) is 6.08. The molecule has 0 aromatic rings. The summed E-state index contributed by atoms with van der Waals surface area (Å²) < 4.78 is 0. The van der Waals surface area contributed by atoms with Gasteiger partial charge in [-0.2, -0.15) is 0 Å². The van der Waals surface area contributed by atoms with Gasteiger partial charge in [-0.05, 0) is 6.42 Å². The third-order valence-corrected chi connectivity index (χ3v) is 3.01. The van der Waals surface area contributed by atoms with Crippen LogP contribution >= 0.6 is 0 Å². The fourth-order valence-electron chi connectivity index (χ4n) is 2.02. The fraction of sp³-hybridized carbons (Fsp3) is 0.417. The predicted octanol–water partition coefficient (Wildman–Crippen LogP) is -0.703. The molecule has 20 heavy (non-hydrogen) atoms. The van der Waals surface area contributed by atoms with Crippen molar-refractivity contribution in [1.82, 2.24) is 9.96 Å². The lowest BCUT2D eigenvalue weighted by molar-refractivity contribution is -0.200. The van der Waals surface area contributed by atoms with E-state index in [0.717, 1.165) is 17.1 Å². The summed E-state index contributed by atoms with van der Waals surface area (Å²) >= 11 is 0. The van der Waals surface area contributed by atoms with Gasteiger partial charge in [-0.1, -0.05) is 12.0 Å². The molecule has 0 bridgehead atoms. The van der Waals surface area contributed by atoms with Gasteiger partial charge in [-0.25, -0.2) is 4.79 Å². The molecule has 1 saturated heterocycles. The number of imide groups is 2. The quantitative estimate of drug-likeness (QED) is 0.631. The number of nitrogens with zero attached hydrogens (tertiary/aromatic N) is 2. The molecule has 4 amide bonds. The molecule has 0 aromatic heterocycles. The van der Waals surface area contributed by atoms with Crippen molar-refractivity contribution in [3.8, 4) is 0 Å². The van der Waals surface area contributed by atoms with E-state index in [-0.39, 0.29) is 19.3 Å². The van der Waals surface area contributed by atoms with Gasteiger partial charge >= 0.3 is 5.97 Å². The Balaban J connectivity index is 2.10. The Morgan fingerprint density at radius 1 is 1.15 bits per heavy atom. The fourth-order valence-corrected chi connectivity index (χ4v) is 2.02. The van der Waals surface area contributed by atoms with Crippen LogP contribution in [-0.2, 0) is 28.8 Å². The molecule has 0 spiro atoms. The molecular formula is C12H12N2O6. The van der Waals surface area contributed by atoms with E-state index in [1.54, 1.807) is 6.92 Å². The van der Waals surface area contributed by atoms with E-state index in [1.807, 2.05) is 0 Å². The van der Waals surface area contributed by atoms with Crippen LogP contribution in [0.2, 0.25) is 0 Å². The summed E-state index contributed by atoms with van der Waals surface area (Å²) in [6.07, 6.45) is 2.16. The standard InChI is InChI=1S/C12H12N2O6/c1-2-7(13-8(15)3-4-9(13)16)12(19)20-14-10(17)5-6-11(14)18/h5-7H,2-4H2,1H3/t7-/m0/s1. The Bertz CT molecular complexity index is 504. The highest BCUT2D eigenvalue weighted by Crippen LogP contribution is 2.19. The molecule has 0 aromatic carbocycles. The Hall–Kier alpha value is -2.51. The van der Waals surface area contributed by atoms with Crippen LogP contribution in [0.3, 0.4) is 0 Å². The van der Waals surface area contributed by atoms with E-state index in [2.05, 4.69) is 4.84 Å². The summed E-state index contributed by atoms with van der Waals surface area (Å²) in [5.41, 5.74) is 0. The van der Waals surface area contributed by atoms with Gasteiger partial charge in [0.25, 0.3) is 11.8 Å². The van der Waals surface area contributed by atoms with Crippen LogP contribution in [0.25, 0.3) is 0 Å². The number of hydroxylamine groups is 2. The number of hydrogen-bond acceptors (Lipinski definition) is 6. The van der Waals surface area contributed by atoms with Gasteiger partial charge in [0.05, 0.1) is 0 Å². The lowest BCUT2D eigenvalue weighted by Crippen LogP contribution is -2.47. The maximum atomic E-state index is 12.0. The van der Waals surface area contributed by atoms with Crippen LogP contribution < -0.4 is 0 Å². The predicted molar refractivity (Wildman–Crippen MR) is 62.3 cm³/mol. The highest BCUT2D eigenvalue weighted by molar-refractivity contribution is 6.12. The average molecular weight is 280 g/mol. The van der Waals surface area contributed by atoms with Crippen LogP contribution in [-0.4, -0.2) is 45.6 Å². The van der Waals surface area contributed by atoms with Crippen molar-refractivity contribution in [2.24, 2.45) is 0 Å². The highest BCUT2D eigenvalue weighted by atomic mass is 16.7. The Morgan fingerprint density at radius 2 is 1.65 bits per heavy atom. The van der Waals surface area contributed by atoms with Crippen LogP contribution in [0.15, 0.2) is 12.2 Å². The van der Waals surface area contributed by atoms with Crippen LogP contribution in [0, 0.1) is 0 Å². The molecule has 0 aliphatic carbocycles. The van der Waals surface area contributed by atoms with E-state index in [9.17, 15) is 24.0 Å². The summed E-state index contributed by atoms with van der Waals surface area (Å²) in [7, 11) is 0. The largest absolute Gasteiger partial charge is 0.355 e. The van der Waals surface area contributed by atoms with Gasteiger partial charge in [-0.15, -0.1) is 0 Å². The lowest BCUT2D eigenvalue weighted by Gasteiger charge is -2.24. The molecule has 2 rings (SSSR count). The SMILES string of the molecule is CC[C@@H](C(=O)ON1C(=O)C=CC1=O)N1C(=O)CCC1=O. The smallest absolute Gasteiger partial charge is 0.327 e. The van der Waals surface area contributed by atoms with Gasteiger partial charge in [0.2, 0.25) is 11.8 Å². The maximum absolute atomic E-state index is 12.0. The van der Waals surface area contributed by atoms with Gasteiger partial charge in [0.1, 0.15) is 6.04 Å². The molecule has 2 aliphatic heterocycles. The average Bonchev–Trinajstić information content (AvgIpc) is 2.89. The summed E-state index contributed by atoms with van der Waals surface area (Å²) in [6.45, 7) is 1.59. The Morgan fingerprint density at radius 3 is 2.10 bits per heavy atom.